The van der Waals surface area contributed by atoms with E-state index in [0.717, 1.165) is 178 Å². The summed E-state index contributed by atoms with van der Waals surface area (Å²) in [5, 5.41) is 10.0. The summed E-state index contributed by atoms with van der Waals surface area (Å²) in [4.78, 5) is 12.9. The summed E-state index contributed by atoms with van der Waals surface area (Å²) in [6.07, 6.45) is 0. The lowest BCUT2D eigenvalue weighted by Gasteiger charge is -2.28. The van der Waals surface area contributed by atoms with Crippen LogP contribution in [-0.4, -0.2) is 23.7 Å². The van der Waals surface area contributed by atoms with Crippen molar-refractivity contribution >= 4 is 138 Å². The Balaban J connectivity index is 0.703. The minimum Gasteiger partial charge on any atom is -0.454 e. The zero-order valence-corrected chi connectivity index (χ0v) is 53.7. The van der Waals surface area contributed by atoms with Crippen LogP contribution in [0.4, 0.5) is 17.1 Å². The largest absolute Gasteiger partial charge is 0.454 e. The molecule has 0 bridgehead atoms. The lowest BCUT2D eigenvalue weighted by Crippen LogP contribution is -2.11. The standard InChI is InChI=1S/C92H54N6O2/c1-2-24-59(25-3-1)97-80-54-56(46-49-70(80)85-69-32-8-16-40-78(69)95(79-41-17-9-33-71(79)88(85)97)61-26-20-22-57(52-61)83-67-30-4-12-36-74(67)93-86-72-34-10-18-42-81(72)99-91(83)86)55-44-47-60(48-45-55)96-76-38-14-6-28-63(76)65-50-51-66-64-29-7-15-39-77(64)98(90(66)89(65)96)62-27-21-23-58(53-62)84-68-31-5-13-37-75(68)94-87-73-35-11-19-43-82(73)100-92(84)87/h1-54H. The Hall–Kier alpha value is -13.6. The Bertz CT molecular complexity index is 7040. The number of aromatic nitrogens is 5. The van der Waals surface area contributed by atoms with E-state index < -0.39 is 0 Å². The van der Waals surface area contributed by atoms with Crippen LogP contribution >= 0.6 is 0 Å². The maximum absolute atomic E-state index is 6.77. The molecular weight excluding hydrogens is 1220 g/mol. The normalized spacial score (nSPS) is 12.4. The Morgan fingerprint density at radius 2 is 0.700 bits per heavy atom. The van der Waals surface area contributed by atoms with E-state index in [9.17, 15) is 0 Å². The van der Waals surface area contributed by atoms with Gasteiger partial charge in [-0.05, 0) is 138 Å². The van der Waals surface area contributed by atoms with E-state index in [2.05, 4.69) is 322 Å². The molecule has 0 unspecified atom stereocenters. The molecule has 0 atom stereocenters. The van der Waals surface area contributed by atoms with Crippen molar-refractivity contribution in [3.63, 3.8) is 0 Å². The van der Waals surface area contributed by atoms with Gasteiger partial charge in [-0.2, -0.15) is 0 Å². The zero-order chi connectivity index (χ0) is 65.3. The van der Waals surface area contributed by atoms with Gasteiger partial charge in [0.2, 0.25) is 0 Å². The highest BCUT2D eigenvalue weighted by molar-refractivity contribution is 6.25. The van der Waals surface area contributed by atoms with Crippen molar-refractivity contribution in [2.75, 3.05) is 4.90 Å². The van der Waals surface area contributed by atoms with Gasteiger partial charge < -0.3 is 27.4 Å². The summed E-state index contributed by atoms with van der Waals surface area (Å²) in [6, 6.07) is 119. The summed E-state index contributed by atoms with van der Waals surface area (Å²) >= 11 is 0. The second-order valence-electron chi connectivity index (χ2n) is 26.3. The fourth-order valence-electron chi connectivity index (χ4n) is 16.7. The minimum absolute atomic E-state index is 0.783. The first-order valence-corrected chi connectivity index (χ1v) is 34.0. The van der Waals surface area contributed by atoms with E-state index in [1.54, 1.807) is 0 Å². The van der Waals surface area contributed by atoms with Crippen molar-refractivity contribution in [3.05, 3.63) is 328 Å². The number of anilines is 3. The van der Waals surface area contributed by atoms with E-state index in [1.807, 2.05) is 24.3 Å². The number of hydrogen-bond acceptors (Lipinski definition) is 5. The predicted molar refractivity (Wildman–Crippen MR) is 413 cm³/mol. The van der Waals surface area contributed by atoms with Crippen LogP contribution in [0.5, 0.6) is 0 Å². The van der Waals surface area contributed by atoms with Crippen LogP contribution in [0.1, 0.15) is 0 Å². The van der Waals surface area contributed by atoms with Crippen LogP contribution in [0.2, 0.25) is 0 Å². The number of pyridine rings is 2. The molecule has 8 heterocycles. The average molecular weight is 1280 g/mol. The van der Waals surface area contributed by atoms with Gasteiger partial charge >= 0.3 is 0 Å². The number of furan rings is 2. The van der Waals surface area contributed by atoms with Gasteiger partial charge in [0, 0.05) is 99.0 Å². The lowest BCUT2D eigenvalue weighted by molar-refractivity contribution is 0.669. The molecule has 0 amide bonds. The number of rotatable bonds is 7. The second-order valence-corrected chi connectivity index (χ2v) is 26.3. The number of hydrogen-bond donors (Lipinski definition) is 0. The van der Waals surface area contributed by atoms with Crippen LogP contribution in [0.15, 0.2) is 336 Å². The molecule has 0 N–H and O–H groups in total. The van der Waals surface area contributed by atoms with Gasteiger partial charge in [0.1, 0.15) is 22.2 Å². The smallest absolute Gasteiger partial charge is 0.162 e. The van der Waals surface area contributed by atoms with Gasteiger partial charge in [0.25, 0.3) is 0 Å². The number of para-hydroxylation sites is 9. The zero-order valence-electron chi connectivity index (χ0n) is 53.7. The van der Waals surface area contributed by atoms with Crippen LogP contribution in [-0.2, 0) is 0 Å². The van der Waals surface area contributed by atoms with Gasteiger partial charge in [-0.3, -0.25) is 0 Å². The maximum atomic E-state index is 6.77. The molecule has 8 nitrogen and oxygen atoms in total. The third-order valence-corrected chi connectivity index (χ3v) is 20.9. The molecular formula is C92H54N6O2. The lowest BCUT2D eigenvalue weighted by atomic mass is 9.96. The summed E-state index contributed by atoms with van der Waals surface area (Å²) in [7, 11) is 0. The first kappa shape index (κ1) is 54.7. The van der Waals surface area contributed by atoms with Gasteiger partial charge in [0.05, 0.1) is 55.7 Å². The first-order valence-electron chi connectivity index (χ1n) is 34.0. The molecule has 1 aliphatic heterocycles. The molecule has 0 radical (unpaired) electrons. The summed E-state index contributed by atoms with van der Waals surface area (Å²) in [6.45, 7) is 0. The highest BCUT2D eigenvalue weighted by Crippen LogP contribution is 2.56. The number of benzene rings is 14. The molecule has 100 heavy (non-hydrogen) atoms. The van der Waals surface area contributed by atoms with Crippen molar-refractivity contribution < 1.29 is 8.83 Å². The first-order chi connectivity index (χ1) is 49.6. The molecule has 22 rings (SSSR count). The Kier molecular flexibility index (Phi) is 11.5. The van der Waals surface area contributed by atoms with E-state index in [0.29, 0.717) is 0 Å². The summed E-state index contributed by atoms with van der Waals surface area (Å²) in [5.41, 5.74) is 29.9. The molecule has 8 heteroatoms. The van der Waals surface area contributed by atoms with Gasteiger partial charge in [-0.1, -0.05) is 212 Å². The van der Waals surface area contributed by atoms with Gasteiger partial charge in [0.15, 0.2) is 11.2 Å². The third kappa shape index (κ3) is 7.81. The molecule has 14 aromatic carbocycles. The van der Waals surface area contributed by atoms with Crippen LogP contribution in [0, 0.1) is 0 Å². The third-order valence-electron chi connectivity index (χ3n) is 20.9. The monoisotopic (exact) mass is 1270 g/mol. The molecule has 0 spiro atoms. The van der Waals surface area contributed by atoms with Crippen molar-refractivity contribution in [1.82, 2.24) is 23.7 Å². The average Bonchev–Trinajstić information content (AvgIpc) is 1.55. The highest BCUT2D eigenvalue weighted by Gasteiger charge is 2.33. The van der Waals surface area contributed by atoms with E-state index in [4.69, 9.17) is 18.8 Å². The molecule has 0 saturated heterocycles. The van der Waals surface area contributed by atoms with E-state index >= 15 is 0 Å². The quantitative estimate of drug-likeness (QED) is 0.159. The number of fused-ring (bicyclic) bond motifs is 22. The topological polar surface area (TPSA) is 70.1 Å². The molecule has 0 aliphatic carbocycles. The minimum atomic E-state index is 0.783. The highest BCUT2D eigenvalue weighted by atomic mass is 16.3. The van der Waals surface area contributed by atoms with Crippen LogP contribution in [0.3, 0.4) is 0 Å². The Labute approximate surface area is 571 Å². The summed E-state index contributed by atoms with van der Waals surface area (Å²) in [5.74, 6) is 0. The fourth-order valence-corrected chi connectivity index (χ4v) is 16.7. The van der Waals surface area contributed by atoms with Gasteiger partial charge in [-0.15, -0.1) is 0 Å². The van der Waals surface area contributed by atoms with E-state index in [1.165, 1.54) is 32.5 Å². The van der Waals surface area contributed by atoms with Crippen molar-refractivity contribution in [1.29, 1.82) is 0 Å². The Morgan fingerprint density at radius 3 is 1.32 bits per heavy atom. The van der Waals surface area contributed by atoms with Gasteiger partial charge in [-0.25, -0.2) is 9.97 Å². The van der Waals surface area contributed by atoms with Crippen molar-refractivity contribution in [3.8, 4) is 72.8 Å². The SMILES string of the molecule is c1ccc(-n2c3c(c4ccc(-c5ccc(-n6c7ccccc7c7ccc8c9ccccc9n(-c9cccc(-c%10c%11ccccc%11nc%11c%10oc%10ccccc%10%11)c9)c8c76)cc5)cc42)-c2ccccc2N(c2cccc(-c4c5ccccc5nc5c4oc4ccccc45)c2)c2ccccc2-3)cc1. The molecule has 7 aromatic heterocycles. The molecule has 0 saturated carbocycles. The fraction of sp³-hybridized carbons (Fsp3) is 0. The Morgan fingerprint density at radius 1 is 0.250 bits per heavy atom. The number of nitrogens with zero attached hydrogens (tertiary/aromatic N) is 6. The maximum Gasteiger partial charge on any atom is 0.162 e. The van der Waals surface area contributed by atoms with E-state index in [-0.39, 0.29) is 0 Å². The molecule has 464 valence electrons. The van der Waals surface area contributed by atoms with Crippen molar-refractivity contribution in [2.45, 2.75) is 0 Å². The summed E-state index contributed by atoms with van der Waals surface area (Å²) < 4.78 is 21.0. The molecule has 0 fully saturated rings. The molecule has 21 aromatic rings. The predicted octanol–water partition coefficient (Wildman–Crippen LogP) is 24.8. The molecule has 1 aliphatic rings. The van der Waals surface area contributed by atoms with Crippen LogP contribution in [0.25, 0.3) is 193 Å². The van der Waals surface area contributed by atoms with Crippen molar-refractivity contribution in [2.24, 2.45) is 0 Å². The second kappa shape index (κ2) is 21.0. The van der Waals surface area contributed by atoms with Crippen LogP contribution < -0.4 is 4.90 Å².